The van der Waals surface area contributed by atoms with Gasteiger partial charge in [0.25, 0.3) is 0 Å². The molecule has 0 spiro atoms. The molecule has 0 aromatic heterocycles. The van der Waals surface area contributed by atoms with E-state index >= 15 is 0 Å². The fraction of sp³-hybridized carbons (Fsp3) is 0.250. The number of amides is 3. The molecule has 8 heteroatoms. The second-order valence-corrected chi connectivity index (χ2v) is 7.51. The van der Waals surface area contributed by atoms with E-state index in [-0.39, 0.29) is 12.8 Å². The Hall–Kier alpha value is -2.49. The van der Waals surface area contributed by atoms with Gasteiger partial charge in [0.15, 0.2) is 0 Å². The third-order valence-electron chi connectivity index (χ3n) is 4.06. The predicted octanol–water partition coefficient (Wildman–Crippen LogP) is 1.69. The Balaban J connectivity index is 2.15. The summed E-state index contributed by atoms with van der Waals surface area (Å²) in [5.41, 5.74) is 6.88. The fourth-order valence-electron chi connectivity index (χ4n) is 2.73. The third kappa shape index (κ3) is 6.59. The van der Waals surface area contributed by atoms with E-state index in [0.717, 1.165) is 9.13 Å². The van der Waals surface area contributed by atoms with Crippen LogP contribution in [0.25, 0.3) is 0 Å². The van der Waals surface area contributed by atoms with Gasteiger partial charge in [-0.15, -0.1) is 0 Å². The summed E-state index contributed by atoms with van der Waals surface area (Å²) in [5.74, 6) is -2.09. The maximum Gasteiger partial charge on any atom is 0.243 e. The molecule has 0 heterocycles. The zero-order valence-electron chi connectivity index (χ0n) is 15.2. The number of primary amides is 1. The number of benzene rings is 2. The minimum absolute atomic E-state index is 0.0809. The second-order valence-electron chi connectivity index (χ2n) is 6.35. The maximum atomic E-state index is 13.4. The Bertz CT molecular complexity index is 875. The highest BCUT2D eigenvalue weighted by molar-refractivity contribution is 14.1. The van der Waals surface area contributed by atoms with Crippen LogP contribution in [-0.4, -0.2) is 29.8 Å². The lowest BCUT2D eigenvalue weighted by atomic mass is 10.0. The van der Waals surface area contributed by atoms with Crippen LogP contribution in [0.4, 0.5) is 4.39 Å². The highest BCUT2D eigenvalue weighted by Crippen LogP contribution is 2.14. The van der Waals surface area contributed by atoms with Gasteiger partial charge in [0, 0.05) is 23.3 Å². The van der Waals surface area contributed by atoms with Gasteiger partial charge in [-0.05, 0) is 51.9 Å². The molecule has 0 saturated carbocycles. The number of carbonyl (C=O) groups excluding carboxylic acids is 3. The molecule has 0 bridgehead atoms. The van der Waals surface area contributed by atoms with Crippen LogP contribution in [0.2, 0.25) is 0 Å². The molecule has 2 aromatic carbocycles. The highest BCUT2D eigenvalue weighted by Gasteiger charge is 2.26. The van der Waals surface area contributed by atoms with Crippen molar-refractivity contribution in [1.82, 2.24) is 10.6 Å². The lowest BCUT2D eigenvalue weighted by Gasteiger charge is -2.22. The summed E-state index contributed by atoms with van der Waals surface area (Å²) in [6.07, 6.45) is 0.310. The van der Waals surface area contributed by atoms with Crippen LogP contribution in [-0.2, 0) is 27.2 Å². The molecule has 2 rings (SSSR count). The summed E-state index contributed by atoms with van der Waals surface area (Å²) < 4.78 is 14.4. The maximum absolute atomic E-state index is 13.4. The third-order valence-corrected chi connectivity index (χ3v) is 5.12. The van der Waals surface area contributed by atoms with Gasteiger partial charge in [-0.2, -0.15) is 0 Å². The lowest BCUT2D eigenvalue weighted by molar-refractivity contribution is -0.130. The summed E-state index contributed by atoms with van der Waals surface area (Å²) in [4.78, 5) is 36.1. The molecular formula is C20H21FIN3O3. The minimum atomic E-state index is -0.962. The van der Waals surface area contributed by atoms with Gasteiger partial charge in [0.1, 0.15) is 17.9 Å². The number of carbonyl (C=O) groups is 3. The molecule has 28 heavy (non-hydrogen) atoms. The van der Waals surface area contributed by atoms with E-state index in [0.29, 0.717) is 5.56 Å². The standard InChI is InChI=1S/C20H21FIN3O3/c1-12(26)24-18(10-13-5-4-7-15(21)9-13)20(28)25-17(19(23)27)11-14-6-2-3-8-16(14)22/h2-9,17-18H,10-11H2,1H3,(H2,23,27)(H,24,26)(H,25,28)/t17-,18+/m0/s1. The Morgan fingerprint density at radius 3 is 2.36 bits per heavy atom. The monoisotopic (exact) mass is 497 g/mol. The number of halogens is 2. The van der Waals surface area contributed by atoms with E-state index in [2.05, 4.69) is 33.2 Å². The summed E-state index contributed by atoms with van der Waals surface area (Å²) in [7, 11) is 0. The SMILES string of the molecule is CC(=O)N[C@H](Cc1cccc(F)c1)C(=O)N[C@@H](Cc1ccccc1I)C(N)=O. The van der Waals surface area contributed by atoms with E-state index in [1.54, 1.807) is 6.07 Å². The first-order valence-corrected chi connectivity index (χ1v) is 9.68. The van der Waals surface area contributed by atoms with Crippen LogP contribution in [0.15, 0.2) is 48.5 Å². The first-order chi connectivity index (χ1) is 13.3. The van der Waals surface area contributed by atoms with Crippen molar-refractivity contribution in [3.05, 3.63) is 69.0 Å². The molecule has 0 unspecified atom stereocenters. The summed E-state index contributed by atoms with van der Waals surface area (Å²) >= 11 is 2.14. The Morgan fingerprint density at radius 2 is 1.75 bits per heavy atom. The smallest absolute Gasteiger partial charge is 0.243 e. The average Bonchev–Trinajstić information content (AvgIpc) is 2.61. The molecule has 4 N–H and O–H groups in total. The highest BCUT2D eigenvalue weighted by atomic mass is 127. The van der Waals surface area contributed by atoms with E-state index < -0.39 is 35.6 Å². The largest absolute Gasteiger partial charge is 0.368 e. The van der Waals surface area contributed by atoms with Crippen molar-refractivity contribution in [1.29, 1.82) is 0 Å². The first kappa shape index (κ1) is 21.8. The van der Waals surface area contributed by atoms with E-state index in [4.69, 9.17) is 5.73 Å². The number of nitrogens with one attached hydrogen (secondary N) is 2. The average molecular weight is 497 g/mol. The Kier molecular flexibility index (Phi) is 7.91. The Labute approximate surface area is 176 Å². The summed E-state index contributed by atoms with van der Waals surface area (Å²) in [6.45, 7) is 1.28. The van der Waals surface area contributed by atoms with Crippen LogP contribution in [0.1, 0.15) is 18.1 Å². The van der Waals surface area contributed by atoms with Gasteiger partial charge in [-0.1, -0.05) is 30.3 Å². The van der Waals surface area contributed by atoms with Gasteiger partial charge in [-0.3, -0.25) is 14.4 Å². The molecule has 0 aliphatic heterocycles. The van der Waals surface area contributed by atoms with Gasteiger partial charge in [0.05, 0.1) is 0 Å². The van der Waals surface area contributed by atoms with E-state index in [1.165, 1.54) is 25.1 Å². The molecule has 0 aliphatic carbocycles. The number of hydrogen-bond acceptors (Lipinski definition) is 3. The molecule has 0 fully saturated rings. The van der Waals surface area contributed by atoms with Gasteiger partial charge in [0.2, 0.25) is 17.7 Å². The van der Waals surface area contributed by atoms with Gasteiger partial charge >= 0.3 is 0 Å². The molecule has 0 radical (unpaired) electrons. The van der Waals surface area contributed by atoms with Crippen LogP contribution in [0.5, 0.6) is 0 Å². The van der Waals surface area contributed by atoms with Crippen molar-refractivity contribution in [2.75, 3.05) is 0 Å². The first-order valence-electron chi connectivity index (χ1n) is 8.61. The second kappa shape index (κ2) is 10.2. The fourth-order valence-corrected chi connectivity index (χ4v) is 3.34. The van der Waals surface area contributed by atoms with Gasteiger partial charge in [-0.25, -0.2) is 4.39 Å². The zero-order chi connectivity index (χ0) is 20.7. The Morgan fingerprint density at radius 1 is 1.04 bits per heavy atom. The van der Waals surface area contributed by atoms with Crippen LogP contribution >= 0.6 is 22.6 Å². The van der Waals surface area contributed by atoms with Crippen molar-refractivity contribution in [3.8, 4) is 0 Å². The molecule has 2 aromatic rings. The minimum Gasteiger partial charge on any atom is -0.368 e. The quantitative estimate of drug-likeness (QED) is 0.484. The molecule has 0 aliphatic rings. The normalized spacial score (nSPS) is 12.7. The van der Waals surface area contributed by atoms with E-state index in [1.807, 2.05) is 24.3 Å². The number of nitrogens with two attached hydrogens (primary N) is 1. The topological polar surface area (TPSA) is 101 Å². The molecule has 2 atom stereocenters. The van der Waals surface area contributed by atoms with Crippen molar-refractivity contribution < 1.29 is 18.8 Å². The molecular weight excluding hydrogens is 476 g/mol. The summed E-state index contributed by atoms with van der Waals surface area (Å²) in [6, 6.07) is 11.3. The number of hydrogen-bond donors (Lipinski definition) is 3. The van der Waals surface area contributed by atoms with Crippen molar-refractivity contribution in [2.24, 2.45) is 5.73 Å². The molecule has 148 valence electrons. The van der Waals surface area contributed by atoms with Gasteiger partial charge < -0.3 is 16.4 Å². The van der Waals surface area contributed by atoms with Crippen molar-refractivity contribution in [2.45, 2.75) is 31.8 Å². The zero-order valence-corrected chi connectivity index (χ0v) is 17.4. The molecule has 3 amide bonds. The van der Waals surface area contributed by atoms with Crippen LogP contribution in [0.3, 0.4) is 0 Å². The lowest BCUT2D eigenvalue weighted by Crippen LogP contribution is -2.54. The van der Waals surface area contributed by atoms with Crippen molar-refractivity contribution >= 4 is 40.3 Å². The molecule has 0 saturated heterocycles. The van der Waals surface area contributed by atoms with Crippen molar-refractivity contribution in [3.63, 3.8) is 0 Å². The number of rotatable bonds is 8. The summed E-state index contributed by atoms with van der Waals surface area (Å²) in [5, 5.41) is 5.15. The molecule has 6 nitrogen and oxygen atoms in total. The predicted molar refractivity (Wildman–Crippen MR) is 112 cm³/mol. The van der Waals surface area contributed by atoms with E-state index in [9.17, 15) is 18.8 Å². The van der Waals surface area contributed by atoms with Crippen LogP contribution in [0, 0.1) is 9.39 Å². The van der Waals surface area contributed by atoms with Crippen LogP contribution < -0.4 is 16.4 Å².